The highest BCUT2D eigenvalue weighted by Crippen LogP contribution is 2.42. The minimum atomic E-state index is -0.587. The van der Waals surface area contributed by atoms with E-state index in [1.54, 1.807) is 4.90 Å². The molecule has 1 amide bonds. The van der Waals surface area contributed by atoms with Gasteiger partial charge in [-0.1, -0.05) is 0 Å². The van der Waals surface area contributed by atoms with Crippen molar-refractivity contribution >= 4 is 29.6 Å². The van der Waals surface area contributed by atoms with Crippen LogP contribution in [0, 0.1) is 0 Å². The van der Waals surface area contributed by atoms with E-state index in [0.29, 0.717) is 11.2 Å². The molecule has 110 valence electrons. The van der Waals surface area contributed by atoms with E-state index in [2.05, 4.69) is 0 Å². The van der Waals surface area contributed by atoms with Gasteiger partial charge in [-0.15, -0.1) is 23.5 Å². The van der Waals surface area contributed by atoms with Crippen LogP contribution in [-0.4, -0.2) is 51.1 Å². The summed E-state index contributed by atoms with van der Waals surface area (Å²) in [6.07, 6.45) is -0.270. The number of hydrogen-bond donors (Lipinski definition) is 0. The first-order valence-electron chi connectivity index (χ1n) is 6.60. The highest BCUT2D eigenvalue weighted by Gasteiger charge is 2.49. The number of thioether (sulfide) groups is 2. The lowest BCUT2D eigenvalue weighted by Crippen LogP contribution is -2.52. The van der Waals surface area contributed by atoms with Gasteiger partial charge in [0.05, 0.1) is 17.2 Å². The third-order valence-corrected chi connectivity index (χ3v) is 6.31. The molecule has 0 aromatic carbocycles. The van der Waals surface area contributed by atoms with Crippen LogP contribution in [0.3, 0.4) is 0 Å². The van der Waals surface area contributed by atoms with Gasteiger partial charge < -0.3 is 9.47 Å². The maximum Gasteiger partial charge on any atom is 0.412 e. The van der Waals surface area contributed by atoms with Gasteiger partial charge in [-0.25, -0.2) is 4.79 Å². The standard InChI is InChI=1S/C13H23NO3S2/c1-12(2,3)17-11(15)14-9(8-16-13(14,4)5)10-18-6-7-19-10/h9-10H,6-8H2,1-5H3. The Morgan fingerprint density at radius 1 is 1.32 bits per heavy atom. The molecule has 19 heavy (non-hydrogen) atoms. The number of ether oxygens (including phenoxy) is 2. The lowest BCUT2D eigenvalue weighted by Gasteiger charge is -2.36. The molecule has 0 aromatic rings. The Labute approximate surface area is 124 Å². The summed E-state index contributed by atoms with van der Waals surface area (Å²) in [5.74, 6) is 2.29. The monoisotopic (exact) mass is 305 g/mol. The van der Waals surface area contributed by atoms with Gasteiger partial charge in [-0.05, 0) is 34.6 Å². The fraction of sp³-hybridized carbons (Fsp3) is 0.923. The molecule has 0 spiro atoms. The number of carbonyl (C=O) groups excluding carboxylic acids is 1. The molecule has 2 aliphatic rings. The highest BCUT2D eigenvalue weighted by atomic mass is 32.2. The number of rotatable bonds is 1. The fourth-order valence-electron chi connectivity index (χ4n) is 2.30. The molecule has 0 radical (unpaired) electrons. The zero-order valence-electron chi connectivity index (χ0n) is 12.3. The molecular formula is C13H23NO3S2. The van der Waals surface area contributed by atoms with Crippen LogP contribution in [0.2, 0.25) is 0 Å². The Bertz CT molecular complexity index is 348. The molecule has 6 heteroatoms. The number of amides is 1. The first kappa shape index (κ1) is 15.3. The molecule has 1 unspecified atom stereocenters. The molecular weight excluding hydrogens is 282 g/mol. The summed E-state index contributed by atoms with van der Waals surface area (Å²) in [5, 5.41) is 0. The summed E-state index contributed by atoms with van der Waals surface area (Å²) in [6.45, 7) is 10.1. The molecule has 0 aromatic heterocycles. The minimum absolute atomic E-state index is 0.0994. The Hall–Kier alpha value is -0.0700. The van der Waals surface area contributed by atoms with Crippen LogP contribution < -0.4 is 0 Å². The highest BCUT2D eigenvalue weighted by molar-refractivity contribution is 8.20. The molecule has 2 saturated heterocycles. The minimum Gasteiger partial charge on any atom is -0.444 e. The topological polar surface area (TPSA) is 38.8 Å². The molecule has 0 aliphatic carbocycles. The van der Waals surface area contributed by atoms with Crippen LogP contribution in [0.5, 0.6) is 0 Å². The first-order chi connectivity index (χ1) is 8.71. The van der Waals surface area contributed by atoms with Crippen molar-refractivity contribution < 1.29 is 14.3 Å². The van der Waals surface area contributed by atoms with E-state index in [1.807, 2.05) is 58.1 Å². The average molecular weight is 305 g/mol. The Kier molecular flexibility index (Phi) is 4.33. The van der Waals surface area contributed by atoms with Gasteiger partial charge in [0.25, 0.3) is 0 Å². The lowest BCUT2D eigenvalue weighted by atomic mass is 10.2. The van der Waals surface area contributed by atoms with E-state index in [1.165, 1.54) is 0 Å². The second-order valence-electron chi connectivity index (χ2n) is 6.29. The molecule has 4 nitrogen and oxygen atoms in total. The molecule has 0 N–H and O–H groups in total. The van der Waals surface area contributed by atoms with Crippen LogP contribution in [0.4, 0.5) is 4.79 Å². The van der Waals surface area contributed by atoms with Crippen molar-refractivity contribution in [1.29, 1.82) is 0 Å². The molecule has 2 heterocycles. The molecule has 2 fully saturated rings. The SMILES string of the molecule is CC(C)(C)OC(=O)N1C(C2SCCS2)COC1(C)C. The van der Waals surface area contributed by atoms with Crippen LogP contribution in [0.1, 0.15) is 34.6 Å². The van der Waals surface area contributed by atoms with Gasteiger partial charge in [0.1, 0.15) is 11.3 Å². The van der Waals surface area contributed by atoms with Crippen molar-refractivity contribution in [2.75, 3.05) is 18.1 Å². The summed E-state index contributed by atoms with van der Waals surface area (Å²) in [5.41, 5.74) is -1.06. The molecule has 2 aliphatic heterocycles. The number of carbonyl (C=O) groups is 1. The second-order valence-corrected chi connectivity index (χ2v) is 9.08. The second kappa shape index (κ2) is 5.37. The summed E-state index contributed by atoms with van der Waals surface area (Å²) < 4.78 is 11.7. The van der Waals surface area contributed by atoms with E-state index in [9.17, 15) is 4.79 Å². The third-order valence-electron chi connectivity index (χ3n) is 3.07. The van der Waals surface area contributed by atoms with Gasteiger partial charge in [0.2, 0.25) is 0 Å². The lowest BCUT2D eigenvalue weighted by molar-refractivity contribution is -0.0619. The van der Waals surface area contributed by atoms with Crippen LogP contribution in [-0.2, 0) is 9.47 Å². The van der Waals surface area contributed by atoms with Crippen LogP contribution in [0.25, 0.3) is 0 Å². The van der Waals surface area contributed by atoms with Crippen molar-refractivity contribution in [3.8, 4) is 0 Å². The zero-order valence-corrected chi connectivity index (χ0v) is 13.9. The van der Waals surface area contributed by atoms with Crippen molar-refractivity contribution in [1.82, 2.24) is 4.90 Å². The maximum absolute atomic E-state index is 12.4. The quantitative estimate of drug-likeness (QED) is 0.744. The van der Waals surface area contributed by atoms with Gasteiger partial charge in [-0.2, -0.15) is 0 Å². The molecule has 2 rings (SSSR count). The van der Waals surface area contributed by atoms with Crippen LogP contribution in [0.15, 0.2) is 0 Å². The van der Waals surface area contributed by atoms with Gasteiger partial charge in [0, 0.05) is 11.5 Å². The predicted octanol–water partition coefficient (Wildman–Crippen LogP) is 3.16. The van der Waals surface area contributed by atoms with E-state index >= 15 is 0 Å². The van der Waals surface area contributed by atoms with Gasteiger partial charge >= 0.3 is 6.09 Å². The van der Waals surface area contributed by atoms with E-state index in [-0.39, 0.29) is 12.1 Å². The normalized spacial score (nSPS) is 27.8. The van der Waals surface area contributed by atoms with Crippen molar-refractivity contribution in [2.45, 2.75) is 56.6 Å². The van der Waals surface area contributed by atoms with Crippen molar-refractivity contribution in [3.63, 3.8) is 0 Å². The molecule has 0 bridgehead atoms. The third kappa shape index (κ3) is 3.52. The Morgan fingerprint density at radius 3 is 2.42 bits per heavy atom. The van der Waals surface area contributed by atoms with E-state index < -0.39 is 11.3 Å². The number of hydrogen-bond acceptors (Lipinski definition) is 5. The Balaban J connectivity index is 2.14. The first-order valence-corrected chi connectivity index (χ1v) is 8.70. The Morgan fingerprint density at radius 2 is 1.89 bits per heavy atom. The van der Waals surface area contributed by atoms with Gasteiger partial charge in [0.15, 0.2) is 0 Å². The average Bonchev–Trinajstić information content (AvgIpc) is 2.81. The van der Waals surface area contributed by atoms with Crippen molar-refractivity contribution in [3.05, 3.63) is 0 Å². The van der Waals surface area contributed by atoms with Gasteiger partial charge in [-0.3, -0.25) is 4.90 Å². The maximum atomic E-state index is 12.4. The summed E-state index contributed by atoms with van der Waals surface area (Å²) in [4.78, 5) is 14.2. The number of nitrogens with zero attached hydrogens (tertiary/aromatic N) is 1. The van der Waals surface area contributed by atoms with E-state index in [0.717, 1.165) is 11.5 Å². The molecule has 0 saturated carbocycles. The fourth-order valence-corrected chi connectivity index (χ4v) is 5.34. The van der Waals surface area contributed by atoms with Crippen LogP contribution >= 0.6 is 23.5 Å². The van der Waals surface area contributed by atoms with E-state index in [4.69, 9.17) is 9.47 Å². The zero-order chi connectivity index (χ0) is 14.3. The van der Waals surface area contributed by atoms with Crippen molar-refractivity contribution in [2.24, 2.45) is 0 Å². The molecule has 1 atom stereocenters. The summed E-state index contributed by atoms with van der Waals surface area (Å²) in [7, 11) is 0. The predicted molar refractivity (Wildman–Crippen MR) is 80.6 cm³/mol. The smallest absolute Gasteiger partial charge is 0.412 e. The summed E-state index contributed by atoms with van der Waals surface area (Å²) in [6, 6.07) is 0.0994. The largest absolute Gasteiger partial charge is 0.444 e. The summed E-state index contributed by atoms with van der Waals surface area (Å²) >= 11 is 3.83.